The van der Waals surface area contributed by atoms with Gasteiger partial charge in [0.25, 0.3) is 5.92 Å². The van der Waals surface area contributed by atoms with E-state index in [4.69, 9.17) is 0 Å². The van der Waals surface area contributed by atoms with E-state index in [0.29, 0.717) is 46.9 Å². The summed E-state index contributed by atoms with van der Waals surface area (Å²) in [7, 11) is 0. The second-order valence-corrected chi connectivity index (χ2v) is 9.72. The van der Waals surface area contributed by atoms with Gasteiger partial charge in [0, 0.05) is 61.6 Å². The normalized spacial score (nSPS) is 15.6. The number of aryl methyl sites for hydroxylation is 1. The lowest BCUT2D eigenvalue weighted by Crippen LogP contribution is -2.24. The Morgan fingerprint density at radius 1 is 1.10 bits per heavy atom. The largest absolute Gasteiger partial charge is 0.334 e. The minimum Gasteiger partial charge on any atom is -0.334 e. The van der Waals surface area contributed by atoms with Gasteiger partial charge in [-0.2, -0.15) is 5.10 Å². The van der Waals surface area contributed by atoms with Crippen LogP contribution in [0.5, 0.6) is 0 Å². The van der Waals surface area contributed by atoms with E-state index in [9.17, 15) is 8.78 Å². The molecule has 7 rings (SSSR count). The van der Waals surface area contributed by atoms with Crippen molar-refractivity contribution in [3.05, 3.63) is 66.5 Å². The highest BCUT2D eigenvalue weighted by molar-refractivity contribution is 5.94. The number of alkyl halides is 2. The van der Waals surface area contributed by atoms with Crippen molar-refractivity contribution in [2.75, 3.05) is 13.1 Å². The molecule has 1 fully saturated rings. The van der Waals surface area contributed by atoms with Gasteiger partial charge in [0.05, 0.1) is 29.6 Å². The smallest absolute Gasteiger partial charge is 0.261 e. The fourth-order valence-electron chi connectivity index (χ4n) is 5.03. The molecule has 0 aromatic carbocycles. The topological polar surface area (TPSA) is 117 Å². The van der Waals surface area contributed by atoms with E-state index in [-0.39, 0.29) is 29.6 Å². The molecule has 196 valence electrons. The number of hydrogen-bond donors (Lipinski definition) is 2. The van der Waals surface area contributed by atoms with E-state index in [2.05, 4.69) is 40.1 Å². The van der Waals surface area contributed by atoms with Crippen molar-refractivity contribution in [1.82, 2.24) is 49.6 Å². The lowest BCUT2D eigenvalue weighted by atomic mass is 10.0. The Morgan fingerprint density at radius 2 is 2.00 bits per heavy atom. The summed E-state index contributed by atoms with van der Waals surface area (Å²) in [4.78, 5) is 26.7. The molecule has 39 heavy (non-hydrogen) atoms. The fraction of sp³-hybridized carbons (Fsp3) is 0.231. The highest BCUT2D eigenvalue weighted by Crippen LogP contribution is 2.34. The molecule has 0 radical (unpaired) electrons. The summed E-state index contributed by atoms with van der Waals surface area (Å²) < 4.78 is 45.2. The first-order valence-corrected chi connectivity index (χ1v) is 12.3. The molecule has 0 unspecified atom stereocenters. The molecule has 1 saturated heterocycles. The van der Waals surface area contributed by atoms with Gasteiger partial charge < -0.3 is 9.55 Å². The molecule has 6 aromatic heterocycles. The highest BCUT2D eigenvalue weighted by Gasteiger charge is 2.38. The number of halogens is 3. The van der Waals surface area contributed by atoms with Gasteiger partial charge in [-0.1, -0.05) is 0 Å². The van der Waals surface area contributed by atoms with Gasteiger partial charge in [-0.05, 0) is 24.6 Å². The molecule has 0 saturated carbocycles. The molecular weight excluding hydrogens is 509 g/mol. The molecule has 6 aromatic rings. The molecule has 0 aliphatic carbocycles. The third-order valence-electron chi connectivity index (χ3n) is 6.88. The Labute approximate surface area is 219 Å². The maximum absolute atomic E-state index is 16.1. The van der Waals surface area contributed by atoms with E-state index in [1.165, 1.54) is 12.4 Å². The number of nitrogens with zero attached hydrogens (tertiary/aromatic N) is 8. The second kappa shape index (κ2) is 8.70. The summed E-state index contributed by atoms with van der Waals surface area (Å²) in [5.41, 5.74) is 4.68. The fourth-order valence-corrected chi connectivity index (χ4v) is 5.03. The van der Waals surface area contributed by atoms with Crippen LogP contribution in [0, 0.1) is 12.7 Å². The van der Waals surface area contributed by atoms with Crippen LogP contribution in [0.1, 0.15) is 17.7 Å². The van der Waals surface area contributed by atoms with Crippen molar-refractivity contribution in [2.45, 2.75) is 25.8 Å². The van der Waals surface area contributed by atoms with E-state index >= 15 is 4.39 Å². The lowest BCUT2D eigenvalue weighted by molar-refractivity contribution is 0.0115. The summed E-state index contributed by atoms with van der Waals surface area (Å²) in [6.07, 6.45) is 9.59. The summed E-state index contributed by atoms with van der Waals surface area (Å²) in [6.45, 7) is 2.20. The van der Waals surface area contributed by atoms with Gasteiger partial charge in [0.2, 0.25) is 0 Å². The first-order valence-electron chi connectivity index (χ1n) is 12.3. The van der Waals surface area contributed by atoms with E-state index in [1.54, 1.807) is 29.7 Å². The summed E-state index contributed by atoms with van der Waals surface area (Å²) in [6, 6.07) is 3.58. The van der Waals surface area contributed by atoms with E-state index in [0.717, 1.165) is 11.4 Å². The average Bonchev–Trinajstić information content (AvgIpc) is 3.70. The van der Waals surface area contributed by atoms with Crippen LogP contribution in [0.15, 0.2) is 49.4 Å². The van der Waals surface area contributed by atoms with Crippen LogP contribution in [-0.4, -0.2) is 68.6 Å². The van der Waals surface area contributed by atoms with Gasteiger partial charge in [-0.25, -0.2) is 33.1 Å². The first kappa shape index (κ1) is 23.5. The zero-order valence-corrected chi connectivity index (χ0v) is 20.7. The Morgan fingerprint density at radius 3 is 2.79 bits per heavy atom. The van der Waals surface area contributed by atoms with Crippen LogP contribution in [0.2, 0.25) is 0 Å². The zero-order valence-electron chi connectivity index (χ0n) is 20.7. The van der Waals surface area contributed by atoms with E-state index in [1.807, 2.05) is 23.8 Å². The number of rotatable bonds is 5. The number of pyridine rings is 3. The Balaban J connectivity index is 1.28. The first-order chi connectivity index (χ1) is 18.8. The third kappa shape index (κ3) is 4.11. The molecule has 1 aliphatic rings. The lowest BCUT2D eigenvalue weighted by Gasteiger charge is -2.15. The van der Waals surface area contributed by atoms with Gasteiger partial charge in [-0.3, -0.25) is 15.0 Å². The molecule has 0 bridgehead atoms. The van der Waals surface area contributed by atoms with Crippen molar-refractivity contribution in [2.24, 2.45) is 0 Å². The van der Waals surface area contributed by atoms with Gasteiger partial charge in [-0.15, -0.1) is 0 Å². The van der Waals surface area contributed by atoms with Crippen molar-refractivity contribution in [1.29, 1.82) is 0 Å². The van der Waals surface area contributed by atoms with Gasteiger partial charge in [0.15, 0.2) is 17.1 Å². The molecule has 2 N–H and O–H groups in total. The molecular formula is C26H21F3N10. The number of aromatic nitrogens is 9. The van der Waals surface area contributed by atoms with Crippen LogP contribution in [0.4, 0.5) is 13.2 Å². The van der Waals surface area contributed by atoms with E-state index < -0.39 is 11.7 Å². The Hall–Kier alpha value is -4.65. The standard InChI is InChI=1S/C26H21F3N10/c1-14-10-39(13-33-14)18-2-4-31-24-21(18)34-25(35-24)22-19-20(27)17(9-32-23(19)37-36-22)16-6-15(7-30-8-16)11-38-5-3-26(28,29)12-38/h2,4,6-10,13H,3,5,11-12H2,1H3,(H,31,34,35)(H,32,36,37). The number of likely N-dealkylation sites (tertiary alicyclic amines) is 1. The number of nitrogens with one attached hydrogen (secondary N) is 2. The number of H-pyrrole nitrogens is 2. The molecule has 10 nitrogen and oxygen atoms in total. The molecule has 0 amide bonds. The quantitative estimate of drug-likeness (QED) is 0.339. The predicted molar refractivity (Wildman–Crippen MR) is 137 cm³/mol. The van der Waals surface area contributed by atoms with Crippen LogP contribution in [0.25, 0.3) is 50.5 Å². The maximum atomic E-state index is 16.1. The third-order valence-corrected chi connectivity index (χ3v) is 6.88. The molecule has 13 heteroatoms. The monoisotopic (exact) mass is 530 g/mol. The minimum atomic E-state index is -2.69. The Bertz CT molecular complexity index is 1850. The number of aromatic amines is 2. The zero-order chi connectivity index (χ0) is 26.7. The maximum Gasteiger partial charge on any atom is 0.261 e. The molecule has 0 spiro atoms. The summed E-state index contributed by atoms with van der Waals surface area (Å²) >= 11 is 0. The second-order valence-electron chi connectivity index (χ2n) is 9.72. The SMILES string of the molecule is Cc1cn(-c2ccnc3nc(-c4[nH]nc5ncc(-c6cncc(CN7CCC(F)(F)C7)c6)c(F)c45)[nH]c23)cn1. The van der Waals surface area contributed by atoms with Gasteiger partial charge in [0.1, 0.15) is 17.0 Å². The molecule has 0 atom stereocenters. The summed E-state index contributed by atoms with van der Waals surface area (Å²) in [5.74, 6) is -2.88. The molecule has 7 heterocycles. The Kier molecular flexibility index (Phi) is 5.23. The number of hydrogen-bond acceptors (Lipinski definition) is 7. The minimum absolute atomic E-state index is 0.163. The molecule has 1 aliphatic heterocycles. The van der Waals surface area contributed by atoms with Crippen molar-refractivity contribution in [3.63, 3.8) is 0 Å². The highest BCUT2D eigenvalue weighted by atomic mass is 19.3. The van der Waals surface area contributed by atoms with Crippen LogP contribution < -0.4 is 0 Å². The van der Waals surface area contributed by atoms with Crippen LogP contribution in [0.3, 0.4) is 0 Å². The van der Waals surface area contributed by atoms with Crippen molar-refractivity contribution < 1.29 is 13.2 Å². The number of fused-ring (bicyclic) bond motifs is 2. The number of imidazole rings is 2. The van der Waals surface area contributed by atoms with Crippen LogP contribution in [-0.2, 0) is 6.54 Å². The van der Waals surface area contributed by atoms with Crippen LogP contribution >= 0.6 is 0 Å². The van der Waals surface area contributed by atoms with Gasteiger partial charge >= 0.3 is 0 Å². The summed E-state index contributed by atoms with van der Waals surface area (Å²) in [5, 5.41) is 7.20. The van der Waals surface area contributed by atoms with Crippen molar-refractivity contribution in [3.8, 4) is 28.3 Å². The van der Waals surface area contributed by atoms with Crippen molar-refractivity contribution >= 4 is 22.2 Å². The average molecular weight is 531 g/mol. The predicted octanol–water partition coefficient (Wildman–Crippen LogP) is 4.43.